The number of hydrogen-bond donors (Lipinski definition) is 2. The summed E-state index contributed by atoms with van der Waals surface area (Å²) in [5, 5.41) is 17.8. The fraction of sp³-hybridized carbons (Fsp3) is 0.143. The number of hydrogen-bond acceptors (Lipinski definition) is 5. The molecule has 120 valence electrons. The molecule has 0 radical (unpaired) electrons. The Morgan fingerprint density at radius 2 is 2.00 bits per heavy atom. The van der Waals surface area contributed by atoms with E-state index in [0.29, 0.717) is 11.5 Å². The zero-order valence-corrected chi connectivity index (χ0v) is 13.6. The predicted molar refractivity (Wildman–Crippen MR) is 84.8 cm³/mol. The number of aromatic nitrogens is 3. The van der Waals surface area contributed by atoms with E-state index in [4.69, 9.17) is 11.6 Å². The first-order valence-corrected chi connectivity index (χ1v) is 8.56. The van der Waals surface area contributed by atoms with E-state index in [0.717, 1.165) is 0 Å². The number of pyridine rings is 1. The molecule has 0 aliphatic rings. The van der Waals surface area contributed by atoms with Crippen molar-refractivity contribution in [2.45, 2.75) is 17.9 Å². The minimum atomic E-state index is -3.97. The van der Waals surface area contributed by atoms with Gasteiger partial charge in [-0.05, 0) is 31.2 Å². The molecule has 0 bridgehead atoms. The second kappa shape index (κ2) is 5.80. The van der Waals surface area contributed by atoms with Crippen molar-refractivity contribution in [3.63, 3.8) is 0 Å². The van der Waals surface area contributed by atoms with Gasteiger partial charge < -0.3 is 5.11 Å². The van der Waals surface area contributed by atoms with E-state index in [9.17, 15) is 13.5 Å². The minimum Gasteiger partial charge on any atom is -0.505 e. The highest BCUT2D eigenvalue weighted by atomic mass is 35.5. The summed E-state index contributed by atoms with van der Waals surface area (Å²) in [6.45, 7) is 1.64. The van der Waals surface area contributed by atoms with Gasteiger partial charge in [0.1, 0.15) is 4.90 Å². The Balaban J connectivity index is 1.95. The molecule has 3 rings (SSSR count). The standard InChI is InChI=1S/C14H13ClN4O3S/c1-9(14-17-16-12-7-2-3-8-19(12)14)18-23(21,22)11-6-4-5-10(15)13(11)20/h2-9,18,20H,1H3. The Morgan fingerprint density at radius 3 is 2.78 bits per heavy atom. The SMILES string of the molecule is CC(NS(=O)(=O)c1cccc(Cl)c1O)c1nnc2ccccn12. The Labute approximate surface area is 137 Å². The highest BCUT2D eigenvalue weighted by Crippen LogP contribution is 2.31. The van der Waals surface area contributed by atoms with Crippen molar-refractivity contribution >= 4 is 27.3 Å². The van der Waals surface area contributed by atoms with Gasteiger partial charge in [-0.25, -0.2) is 13.1 Å². The molecule has 0 saturated heterocycles. The molecule has 2 heterocycles. The molecular formula is C14H13ClN4O3S. The summed E-state index contributed by atoms with van der Waals surface area (Å²) in [5.74, 6) is -0.0503. The number of aromatic hydroxyl groups is 1. The molecule has 0 aliphatic carbocycles. The number of nitrogens with one attached hydrogen (secondary N) is 1. The van der Waals surface area contributed by atoms with Crippen molar-refractivity contribution in [3.8, 4) is 5.75 Å². The lowest BCUT2D eigenvalue weighted by Crippen LogP contribution is -2.28. The first kappa shape index (κ1) is 15.7. The maximum absolute atomic E-state index is 12.5. The number of phenolic OH excluding ortho intramolecular Hbond substituents is 1. The molecule has 0 fully saturated rings. The molecule has 23 heavy (non-hydrogen) atoms. The van der Waals surface area contributed by atoms with Crippen LogP contribution in [-0.4, -0.2) is 28.1 Å². The summed E-state index contributed by atoms with van der Waals surface area (Å²) < 4.78 is 29.1. The number of nitrogens with zero attached hydrogens (tertiary/aromatic N) is 3. The lowest BCUT2D eigenvalue weighted by molar-refractivity contribution is 0.457. The van der Waals surface area contributed by atoms with Gasteiger partial charge >= 0.3 is 0 Å². The molecular weight excluding hydrogens is 340 g/mol. The van der Waals surface area contributed by atoms with Crippen LogP contribution < -0.4 is 4.72 Å². The summed E-state index contributed by atoms with van der Waals surface area (Å²) in [7, 11) is -3.97. The zero-order chi connectivity index (χ0) is 16.6. The first-order valence-electron chi connectivity index (χ1n) is 6.69. The van der Waals surface area contributed by atoms with Gasteiger partial charge in [-0.1, -0.05) is 23.7 Å². The maximum Gasteiger partial charge on any atom is 0.244 e. The molecule has 1 unspecified atom stereocenters. The van der Waals surface area contributed by atoms with E-state index < -0.39 is 21.8 Å². The van der Waals surface area contributed by atoms with E-state index >= 15 is 0 Å². The van der Waals surface area contributed by atoms with Crippen LogP contribution in [0.1, 0.15) is 18.8 Å². The van der Waals surface area contributed by atoms with Crippen molar-refractivity contribution in [1.82, 2.24) is 19.3 Å². The largest absolute Gasteiger partial charge is 0.505 e. The Bertz CT molecular complexity index is 971. The third kappa shape index (κ3) is 2.88. The normalized spacial score (nSPS) is 13.3. The topological polar surface area (TPSA) is 96.6 Å². The third-order valence-corrected chi connectivity index (χ3v) is 5.18. The van der Waals surface area contributed by atoms with Crippen molar-refractivity contribution in [1.29, 1.82) is 0 Å². The Morgan fingerprint density at radius 1 is 1.22 bits per heavy atom. The van der Waals surface area contributed by atoms with E-state index in [-0.39, 0.29) is 9.92 Å². The number of sulfonamides is 1. The second-order valence-corrected chi connectivity index (χ2v) is 7.01. The van der Waals surface area contributed by atoms with Gasteiger partial charge in [0.25, 0.3) is 0 Å². The molecule has 0 amide bonds. The van der Waals surface area contributed by atoms with Crippen LogP contribution in [0.15, 0.2) is 47.5 Å². The molecule has 1 atom stereocenters. The second-order valence-electron chi connectivity index (χ2n) is 4.92. The molecule has 0 saturated carbocycles. The Hall–Kier alpha value is -2.16. The quantitative estimate of drug-likeness (QED) is 0.749. The van der Waals surface area contributed by atoms with E-state index in [1.54, 1.807) is 29.7 Å². The van der Waals surface area contributed by atoms with Crippen LogP contribution in [0.5, 0.6) is 5.75 Å². The summed E-state index contributed by atoms with van der Waals surface area (Å²) in [5.41, 5.74) is 0.610. The van der Waals surface area contributed by atoms with Gasteiger partial charge in [-0.15, -0.1) is 10.2 Å². The van der Waals surface area contributed by atoms with Crippen LogP contribution in [0.4, 0.5) is 0 Å². The Kier molecular flexibility index (Phi) is 3.97. The monoisotopic (exact) mass is 352 g/mol. The maximum atomic E-state index is 12.5. The van der Waals surface area contributed by atoms with Crippen molar-refractivity contribution in [2.24, 2.45) is 0 Å². The lowest BCUT2D eigenvalue weighted by atomic mass is 10.3. The number of para-hydroxylation sites is 1. The number of halogens is 1. The van der Waals surface area contributed by atoms with E-state index in [1.807, 2.05) is 6.07 Å². The lowest BCUT2D eigenvalue weighted by Gasteiger charge is -2.14. The van der Waals surface area contributed by atoms with Crippen LogP contribution in [0.25, 0.3) is 5.65 Å². The number of fused-ring (bicyclic) bond motifs is 1. The van der Waals surface area contributed by atoms with Gasteiger partial charge in [0.05, 0.1) is 11.1 Å². The highest BCUT2D eigenvalue weighted by molar-refractivity contribution is 7.89. The van der Waals surface area contributed by atoms with Crippen LogP contribution in [0, 0.1) is 0 Å². The molecule has 7 nitrogen and oxygen atoms in total. The third-order valence-electron chi connectivity index (χ3n) is 3.30. The molecule has 2 N–H and O–H groups in total. The zero-order valence-electron chi connectivity index (χ0n) is 12.0. The molecule has 1 aromatic carbocycles. The molecule has 2 aromatic heterocycles. The van der Waals surface area contributed by atoms with Crippen molar-refractivity contribution in [3.05, 3.63) is 53.4 Å². The summed E-state index contributed by atoms with van der Waals surface area (Å²) in [4.78, 5) is -0.286. The number of benzene rings is 1. The molecule has 0 spiro atoms. The highest BCUT2D eigenvalue weighted by Gasteiger charge is 2.25. The number of phenols is 1. The van der Waals surface area contributed by atoms with E-state index in [1.165, 1.54) is 18.2 Å². The average molecular weight is 353 g/mol. The molecule has 9 heteroatoms. The first-order chi connectivity index (χ1) is 10.9. The summed E-state index contributed by atoms with van der Waals surface area (Å²) >= 11 is 5.77. The average Bonchev–Trinajstić information content (AvgIpc) is 2.93. The smallest absolute Gasteiger partial charge is 0.244 e. The van der Waals surface area contributed by atoms with Crippen molar-refractivity contribution < 1.29 is 13.5 Å². The van der Waals surface area contributed by atoms with Gasteiger partial charge in [0.2, 0.25) is 10.0 Å². The fourth-order valence-corrected chi connectivity index (χ4v) is 3.77. The van der Waals surface area contributed by atoms with Crippen LogP contribution >= 0.6 is 11.6 Å². The number of rotatable bonds is 4. The summed E-state index contributed by atoms with van der Waals surface area (Å²) in [6.07, 6.45) is 1.74. The van der Waals surface area contributed by atoms with E-state index in [2.05, 4.69) is 14.9 Å². The van der Waals surface area contributed by atoms with Crippen LogP contribution in [0.3, 0.4) is 0 Å². The molecule has 0 aliphatic heterocycles. The van der Waals surface area contributed by atoms with Gasteiger partial charge in [0.15, 0.2) is 17.2 Å². The van der Waals surface area contributed by atoms with Crippen LogP contribution in [0.2, 0.25) is 5.02 Å². The van der Waals surface area contributed by atoms with Crippen LogP contribution in [-0.2, 0) is 10.0 Å². The van der Waals surface area contributed by atoms with Gasteiger partial charge in [-0.2, -0.15) is 0 Å². The predicted octanol–water partition coefficient (Wildman–Crippen LogP) is 2.13. The van der Waals surface area contributed by atoms with Crippen molar-refractivity contribution in [2.75, 3.05) is 0 Å². The van der Waals surface area contributed by atoms with Gasteiger partial charge in [0, 0.05) is 6.20 Å². The van der Waals surface area contributed by atoms with Gasteiger partial charge in [-0.3, -0.25) is 4.40 Å². The summed E-state index contributed by atoms with van der Waals surface area (Å²) in [6, 6.07) is 8.85. The fourth-order valence-electron chi connectivity index (χ4n) is 2.22. The molecule has 3 aromatic rings. The minimum absolute atomic E-state index is 0.0338.